The van der Waals surface area contributed by atoms with Gasteiger partial charge in [-0.2, -0.15) is 0 Å². The Balaban J connectivity index is 2.35. The average molecular weight is 337 g/mol. The molecule has 2 rings (SSSR count). The Bertz CT molecular complexity index is 604. The standard InChI is InChI=1S/C14H17BrN4O/c1-4-16-13-12(15)14(18-8-17-13)19-10-7-9(2)5-6-11(10)20-3/h5-8H,4H2,1-3H3,(H2,16,17,18,19). The Labute approximate surface area is 126 Å². The Morgan fingerprint density at radius 3 is 2.70 bits per heavy atom. The van der Waals surface area contributed by atoms with Crippen LogP contribution in [-0.2, 0) is 0 Å². The molecule has 0 aliphatic carbocycles. The maximum Gasteiger partial charge on any atom is 0.150 e. The molecule has 1 heterocycles. The Hall–Kier alpha value is -1.82. The highest BCUT2D eigenvalue weighted by Crippen LogP contribution is 2.33. The SMILES string of the molecule is CCNc1ncnc(Nc2cc(C)ccc2OC)c1Br. The second-order valence-corrected chi connectivity index (χ2v) is 5.04. The van der Waals surface area contributed by atoms with Crippen molar-refractivity contribution in [2.24, 2.45) is 0 Å². The minimum atomic E-state index is 0.694. The molecule has 1 aromatic carbocycles. The van der Waals surface area contributed by atoms with E-state index in [0.29, 0.717) is 5.82 Å². The van der Waals surface area contributed by atoms with Crippen LogP contribution in [-0.4, -0.2) is 23.6 Å². The molecule has 0 spiro atoms. The van der Waals surface area contributed by atoms with Gasteiger partial charge >= 0.3 is 0 Å². The highest BCUT2D eigenvalue weighted by atomic mass is 79.9. The molecule has 0 bridgehead atoms. The zero-order valence-electron chi connectivity index (χ0n) is 11.7. The fraction of sp³-hybridized carbons (Fsp3) is 0.286. The molecule has 0 amide bonds. The van der Waals surface area contributed by atoms with Crippen LogP contribution in [0.4, 0.5) is 17.3 Å². The number of hydrogen-bond donors (Lipinski definition) is 2. The maximum absolute atomic E-state index is 5.35. The number of nitrogens with zero attached hydrogens (tertiary/aromatic N) is 2. The van der Waals surface area contributed by atoms with Gasteiger partial charge in [-0.3, -0.25) is 0 Å². The van der Waals surface area contributed by atoms with Crippen LogP contribution < -0.4 is 15.4 Å². The van der Waals surface area contributed by atoms with Crippen LogP contribution >= 0.6 is 15.9 Å². The number of aromatic nitrogens is 2. The third-order valence-corrected chi connectivity index (χ3v) is 3.49. The van der Waals surface area contributed by atoms with Gasteiger partial charge in [0.25, 0.3) is 0 Å². The third kappa shape index (κ3) is 3.19. The number of hydrogen-bond acceptors (Lipinski definition) is 5. The Kier molecular flexibility index (Phi) is 4.79. The molecule has 0 saturated heterocycles. The molecule has 0 radical (unpaired) electrons. The van der Waals surface area contributed by atoms with Crippen molar-refractivity contribution >= 4 is 33.3 Å². The quantitative estimate of drug-likeness (QED) is 0.871. The lowest BCUT2D eigenvalue weighted by molar-refractivity contribution is 0.416. The first-order valence-corrected chi connectivity index (χ1v) is 7.11. The lowest BCUT2D eigenvalue weighted by Crippen LogP contribution is -2.04. The zero-order chi connectivity index (χ0) is 14.5. The van der Waals surface area contributed by atoms with Gasteiger partial charge in [0, 0.05) is 6.54 Å². The lowest BCUT2D eigenvalue weighted by Gasteiger charge is -2.14. The smallest absolute Gasteiger partial charge is 0.150 e. The predicted molar refractivity (Wildman–Crippen MR) is 84.9 cm³/mol. The summed E-state index contributed by atoms with van der Waals surface area (Å²) in [4.78, 5) is 8.45. The molecular weight excluding hydrogens is 320 g/mol. The predicted octanol–water partition coefficient (Wildman–Crippen LogP) is 3.73. The van der Waals surface area contributed by atoms with E-state index in [0.717, 1.165) is 33.8 Å². The average Bonchev–Trinajstić information content (AvgIpc) is 2.44. The molecule has 0 saturated carbocycles. The second kappa shape index (κ2) is 6.56. The van der Waals surface area contributed by atoms with Crippen LogP contribution in [0.2, 0.25) is 0 Å². The normalized spacial score (nSPS) is 10.2. The van der Waals surface area contributed by atoms with Gasteiger partial charge in [-0.15, -0.1) is 0 Å². The molecule has 6 heteroatoms. The first kappa shape index (κ1) is 14.6. The van der Waals surface area contributed by atoms with Gasteiger partial charge in [0.15, 0.2) is 0 Å². The maximum atomic E-state index is 5.35. The molecule has 5 nitrogen and oxygen atoms in total. The van der Waals surface area contributed by atoms with E-state index in [1.54, 1.807) is 7.11 Å². The van der Waals surface area contributed by atoms with Gasteiger partial charge in [0.2, 0.25) is 0 Å². The summed E-state index contributed by atoms with van der Waals surface area (Å²) in [7, 11) is 1.65. The van der Waals surface area contributed by atoms with E-state index in [4.69, 9.17) is 4.74 Å². The van der Waals surface area contributed by atoms with Crippen LogP contribution in [0.15, 0.2) is 29.0 Å². The van der Waals surface area contributed by atoms with Gasteiger partial charge in [-0.25, -0.2) is 9.97 Å². The fourth-order valence-electron chi connectivity index (χ4n) is 1.79. The van der Waals surface area contributed by atoms with E-state index in [1.165, 1.54) is 6.33 Å². The molecule has 106 valence electrons. The molecule has 2 aromatic rings. The number of anilines is 3. The number of ether oxygens (including phenoxy) is 1. The number of nitrogens with one attached hydrogen (secondary N) is 2. The topological polar surface area (TPSA) is 59.1 Å². The number of halogens is 1. The summed E-state index contributed by atoms with van der Waals surface area (Å²) >= 11 is 3.51. The van der Waals surface area contributed by atoms with Crippen molar-refractivity contribution in [1.82, 2.24) is 9.97 Å². The first-order valence-electron chi connectivity index (χ1n) is 6.31. The van der Waals surface area contributed by atoms with Crippen molar-refractivity contribution < 1.29 is 4.74 Å². The van der Waals surface area contributed by atoms with E-state index >= 15 is 0 Å². The molecule has 0 aliphatic rings. The zero-order valence-corrected chi connectivity index (χ0v) is 13.3. The van der Waals surface area contributed by atoms with Gasteiger partial charge in [-0.1, -0.05) is 6.07 Å². The number of benzene rings is 1. The molecule has 0 fully saturated rings. The number of methoxy groups -OCH3 is 1. The summed E-state index contributed by atoms with van der Waals surface area (Å²) < 4.78 is 6.15. The minimum Gasteiger partial charge on any atom is -0.495 e. The van der Waals surface area contributed by atoms with Crippen molar-refractivity contribution in [3.63, 3.8) is 0 Å². The number of rotatable bonds is 5. The molecule has 0 aliphatic heterocycles. The summed E-state index contributed by atoms with van der Waals surface area (Å²) in [6.07, 6.45) is 1.52. The fourth-order valence-corrected chi connectivity index (χ4v) is 2.24. The minimum absolute atomic E-state index is 0.694. The van der Waals surface area contributed by atoms with Gasteiger partial charge in [-0.05, 0) is 47.5 Å². The van der Waals surface area contributed by atoms with Crippen molar-refractivity contribution in [3.8, 4) is 5.75 Å². The summed E-state index contributed by atoms with van der Waals surface area (Å²) in [6.45, 7) is 4.85. The van der Waals surface area contributed by atoms with Crippen LogP contribution in [0, 0.1) is 6.92 Å². The van der Waals surface area contributed by atoms with Gasteiger partial charge in [0.1, 0.15) is 28.2 Å². The monoisotopic (exact) mass is 336 g/mol. The van der Waals surface area contributed by atoms with E-state index in [2.05, 4.69) is 36.5 Å². The highest BCUT2D eigenvalue weighted by Gasteiger charge is 2.10. The molecule has 2 N–H and O–H groups in total. The van der Waals surface area contributed by atoms with Gasteiger partial charge < -0.3 is 15.4 Å². The molecule has 1 aromatic heterocycles. The van der Waals surface area contributed by atoms with Crippen molar-refractivity contribution in [1.29, 1.82) is 0 Å². The van der Waals surface area contributed by atoms with Crippen molar-refractivity contribution in [3.05, 3.63) is 34.6 Å². The number of aryl methyl sites for hydroxylation is 1. The molecular formula is C14H17BrN4O. The summed E-state index contributed by atoms with van der Waals surface area (Å²) in [5.41, 5.74) is 2.01. The Morgan fingerprint density at radius 2 is 2.00 bits per heavy atom. The largest absolute Gasteiger partial charge is 0.495 e. The third-order valence-electron chi connectivity index (χ3n) is 2.74. The van der Waals surface area contributed by atoms with E-state index < -0.39 is 0 Å². The van der Waals surface area contributed by atoms with Crippen molar-refractivity contribution in [2.45, 2.75) is 13.8 Å². The molecule has 0 unspecified atom stereocenters. The van der Waals surface area contributed by atoms with Gasteiger partial charge in [0.05, 0.1) is 12.8 Å². The second-order valence-electron chi connectivity index (χ2n) is 4.24. The lowest BCUT2D eigenvalue weighted by atomic mass is 10.2. The Morgan fingerprint density at radius 1 is 1.25 bits per heavy atom. The first-order chi connectivity index (χ1) is 9.65. The summed E-state index contributed by atoms with van der Waals surface area (Å²) in [5.74, 6) is 2.22. The van der Waals surface area contributed by atoms with Crippen LogP contribution in [0.3, 0.4) is 0 Å². The van der Waals surface area contributed by atoms with Crippen LogP contribution in [0.5, 0.6) is 5.75 Å². The van der Waals surface area contributed by atoms with Crippen LogP contribution in [0.25, 0.3) is 0 Å². The molecule has 0 atom stereocenters. The summed E-state index contributed by atoms with van der Waals surface area (Å²) in [5, 5.41) is 6.44. The van der Waals surface area contributed by atoms with Crippen LogP contribution in [0.1, 0.15) is 12.5 Å². The van der Waals surface area contributed by atoms with Crippen molar-refractivity contribution in [2.75, 3.05) is 24.3 Å². The van der Waals surface area contributed by atoms with E-state index in [1.807, 2.05) is 32.0 Å². The van der Waals surface area contributed by atoms with E-state index in [9.17, 15) is 0 Å². The highest BCUT2D eigenvalue weighted by molar-refractivity contribution is 9.10. The molecule has 20 heavy (non-hydrogen) atoms. The summed E-state index contributed by atoms with van der Waals surface area (Å²) in [6, 6.07) is 5.95. The van der Waals surface area contributed by atoms with E-state index in [-0.39, 0.29) is 0 Å².